The van der Waals surface area contributed by atoms with Crippen LogP contribution in [0.2, 0.25) is 10.0 Å². The lowest BCUT2D eigenvalue weighted by Crippen LogP contribution is -2.52. The van der Waals surface area contributed by atoms with Gasteiger partial charge in [0.1, 0.15) is 10.5 Å². The van der Waals surface area contributed by atoms with Crippen molar-refractivity contribution in [2.75, 3.05) is 32.8 Å². The molecule has 2 heterocycles. The standard InChI is InChI=1S/C19H16Cl2N4O6S/c20-13-4-2-5-14(21)17(13)32(30,31)23-9-7-22(8-10-23)11-24-18(26)12-3-1-6-15(25(28)29)16(12)19(24)27/h1-6H,7-11H2. The van der Waals surface area contributed by atoms with Crippen molar-refractivity contribution in [1.82, 2.24) is 14.1 Å². The molecule has 0 aromatic heterocycles. The molecule has 0 bridgehead atoms. The van der Waals surface area contributed by atoms with E-state index in [0.29, 0.717) is 0 Å². The summed E-state index contributed by atoms with van der Waals surface area (Å²) >= 11 is 12.1. The molecule has 0 radical (unpaired) electrons. The van der Waals surface area contributed by atoms with Gasteiger partial charge in [0, 0.05) is 32.2 Å². The minimum atomic E-state index is -3.93. The van der Waals surface area contributed by atoms with Crippen molar-refractivity contribution in [3.05, 3.63) is 67.7 Å². The van der Waals surface area contributed by atoms with E-state index in [0.717, 1.165) is 4.90 Å². The van der Waals surface area contributed by atoms with Crippen LogP contribution in [0.5, 0.6) is 0 Å². The molecule has 1 fully saturated rings. The lowest BCUT2D eigenvalue weighted by molar-refractivity contribution is -0.385. The normalized spacial score (nSPS) is 17.6. The molecule has 0 unspecified atom stereocenters. The van der Waals surface area contributed by atoms with Gasteiger partial charge in [-0.15, -0.1) is 0 Å². The maximum absolute atomic E-state index is 13.0. The van der Waals surface area contributed by atoms with Gasteiger partial charge in [0.15, 0.2) is 0 Å². The van der Waals surface area contributed by atoms with Gasteiger partial charge in [0.25, 0.3) is 17.5 Å². The number of nitro groups is 1. The Balaban J connectivity index is 1.47. The number of hydrogen-bond acceptors (Lipinski definition) is 7. The highest BCUT2D eigenvalue weighted by molar-refractivity contribution is 7.89. The average Bonchev–Trinajstić information content (AvgIpc) is 2.99. The third kappa shape index (κ3) is 3.76. The number of amides is 2. The zero-order chi connectivity index (χ0) is 23.2. The maximum Gasteiger partial charge on any atom is 0.282 e. The third-order valence-corrected chi connectivity index (χ3v) is 8.22. The number of carbonyl (C=O) groups is 2. The van der Waals surface area contributed by atoms with Crippen LogP contribution in [0.1, 0.15) is 20.7 Å². The maximum atomic E-state index is 13.0. The summed E-state index contributed by atoms with van der Waals surface area (Å²) in [6.07, 6.45) is 0. The fourth-order valence-electron chi connectivity index (χ4n) is 3.77. The number of piperazine rings is 1. The van der Waals surface area contributed by atoms with Crippen molar-refractivity contribution in [3.8, 4) is 0 Å². The Labute approximate surface area is 193 Å². The molecule has 0 saturated carbocycles. The molecule has 2 aromatic carbocycles. The average molecular weight is 499 g/mol. The van der Waals surface area contributed by atoms with Crippen LogP contribution in [-0.2, 0) is 10.0 Å². The number of fused-ring (bicyclic) bond motifs is 1. The summed E-state index contributed by atoms with van der Waals surface area (Å²) in [7, 11) is -3.93. The molecule has 2 aromatic rings. The van der Waals surface area contributed by atoms with Crippen LogP contribution in [-0.4, -0.2) is 72.1 Å². The van der Waals surface area contributed by atoms with E-state index in [4.69, 9.17) is 23.2 Å². The molecule has 2 aliphatic rings. The molecular weight excluding hydrogens is 483 g/mol. The number of nitro benzene ring substituents is 1. The molecule has 168 valence electrons. The first kappa shape index (κ1) is 22.6. The number of halogens is 2. The van der Waals surface area contributed by atoms with Crippen LogP contribution in [0, 0.1) is 10.1 Å². The second-order valence-corrected chi connectivity index (χ2v) is 9.90. The van der Waals surface area contributed by atoms with Gasteiger partial charge in [-0.05, 0) is 18.2 Å². The predicted molar refractivity (Wildman–Crippen MR) is 115 cm³/mol. The van der Waals surface area contributed by atoms with E-state index in [1.54, 1.807) is 11.0 Å². The Morgan fingerprint density at radius 1 is 0.938 bits per heavy atom. The Morgan fingerprint density at radius 3 is 2.12 bits per heavy atom. The molecule has 13 heteroatoms. The van der Waals surface area contributed by atoms with Crippen molar-refractivity contribution >= 4 is 50.7 Å². The number of imide groups is 1. The highest BCUT2D eigenvalue weighted by Gasteiger charge is 2.42. The summed E-state index contributed by atoms with van der Waals surface area (Å²) in [6.45, 7) is 0.540. The number of sulfonamides is 1. The number of rotatable bonds is 5. The van der Waals surface area contributed by atoms with Gasteiger partial charge in [-0.1, -0.05) is 35.3 Å². The van der Waals surface area contributed by atoms with Crippen molar-refractivity contribution in [1.29, 1.82) is 0 Å². The quantitative estimate of drug-likeness (QED) is 0.352. The van der Waals surface area contributed by atoms with Crippen molar-refractivity contribution in [3.63, 3.8) is 0 Å². The number of nitrogens with zero attached hydrogens (tertiary/aromatic N) is 4. The molecule has 1 saturated heterocycles. The Morgan fingerprint density at radius 2 is 1.53 bits per heavy atom. The molecule has 2 aliphatic heterocycles. The summed E-state index contributed by atoms with van der Waals surface area (Å²) in [5.74, 6) is -1.36. The SMILES string of the molecule is O=C1c2cccc([N+](=O)[O-])c2C(=O)N1CN1CCN(S(=O)(=O)c2c(Cl)cccc2Cl)CC1. The molecule has 0 atom stereocenters. The van der Waals surface area contributed by atoms with Crippen LogP contribution >= 0.6 is 23.2 Å². The van der Waals surface area contributed by atoms with Gasteiger partial charge in [-0.25, -0.2) is 8.42 Å². The monoisotopic (exact) mass is 498 g/mol. The van der Waals surface area contributed by atoms with E-state index in [1.165, 1.54) is 34.6 Å². The number of carbonyl (C=O) groups excluding carboxylic acids is 2. The topological polar surface area (TPSA) is 121 Å². The van der Waals surface area contributed by atoms with Crippen LogP contribution < -0.4 is 0 Å². The molecule has 10 nitrogen and oxygen atoms in total. The zero-order valence-electron chi connectivity index (χ0n) is 16.4. The fraction of sp³-hybridized carbons (Fsp3) is 0.263. The number of hydrogen-bond donors (Lipinski definition) is 0. The van der Waals surface area contributed by atoms with Gasteiger partial charge < -0.3 is 0 Å². The van der Waals surface area contributed by atoms with Gasteiger partial charge >= 0.3 is 0 Å². The zero-order valence-corrected chi connectivity index (χ0v) is 18.7. The van der Waals surface area contributed by atoms with E-state index in [1.807, 2.05) is 0 Å². The summed E-state index contributed by atoms with van der Waals surface area (Å²) in [5.41, 5.74) is -0.660. The lowest BCUT2D eigenvalue weighted by Gasteiger charge is -2.35. The first-order chi connectivity index (χ1) is 15.1. The van der Waals surface area contributed by atoms with Gasteiger partial charge in [0.2, 0.25) is 10.0 Å². The van der Waals surface area contributed by atoms with E-state index in [9.17, 15) is 28.1 Å². The van der Waals surface area contributed by atoms with Crippen LogP contribution in [0.25, 0.3) is 0 Å². The Kier molecular flexibility index (Phi) is 5.94. The fourth-order valence-corrected chi connectivity index (χ4v) is 6.28. The van der Waals surface area contributed by atoms with Gasteiger partial charge in [0.05, 0.1) is 27.2 Å². The Bertz CT molecular complexity index is 1220. The molecule has 32 heavy (non-hydrogen) atoms. The second kappa shape index (κ2) is 8.41. The van der Waals surface area contributed by atoms with Crippen molar-refractivity contribution in [2.24, 2.45) is 0 Å². The third-order valence-electron chi connectivity index (χ3n) is 5.36. The lowest BCUT2D eigenvalue weighted by atomic mass is 10.1. The molecule has 4 rings (SSSR count). The second-order valence-electron chi connectivity index (χ2n) is 7.21. The van der Waals surface area contributed by atoms with Crippen molar-refractivity contribution < 1.29 is 22.9 Å². The summed E-state index contributed by atoms with van der Waals surface area (Å²) in [5, 5.41) is 11.3. The van der Waals surface area contributed by atoms with Gasteiger partial charge in [-0.3, -0.25) is 29.5 Å². The minimum absolute atomic E-state index is 0.0150. The smallest absolute Gasteiger partial charge is 0.282 e. The summed E-state index contributed by atoms with van der Waals surface area (Å²) in [4.78, 5) is 38.4. The van der Waals surface area contributed by atoms with E-state index in [2.05, 4.69) is 0 Å². The highest BCUT2D eigenvalue weighted by atomic mass is 35.5. The molecule has 2 amide bonds. The number of benzene rings is 2. The van der Waals surface area contributed by atoms with E-state index in [-0.39, 0.29) is 58.9 Å². The van der Waals surface area contributed by atoms with Crippen molar-refractivity contribution in [2.45, 2.75) is 4.90 Å². The first-order valence-electron chi connectivity index (χ1n) is 9.43. The summed E-state index contributed by atoms with van der Waals surface area (Å²) < 4.78 is 27.2. The minimum Gasteiger partial charge on any atom is -0.283 e. The highest BCUT2D eigenvalue weighted by Crippen LogP contribution is 2.33. The predicted octanol–water partition coefficient (Wildman–Crippen LogP) is 2.46. The molecule has 0 N–H and O–H groups in total. The molecule has 0 spiro atoms. The molecular formula is C19H16Cl2N4O6S. The van der Waals surface area contributed by atoms with Crippen LogP contribution in [0.4, 0.5) is 5.69 Å². The summed E-state index contributed by atoms with van der Waals surface area (Å²) in [6, 6.07) is 8.34. The Hall–Kier alpha value is -2.57. The first-order valence-corrected chi connectivity index (χ1v) is 11.6. The van der Waals surface area contributed by atoms with Gasteiger partial charge in [-0.2, -0.15) is 4.31 Å². The largest absolute Gasteiger partial charge is 0.283 e. The van der Waals surface area contributed by atoms with E-state index >= 15 is 0 Å². The molecule has 0 aliphatic carbocycles. The van der Waals surface area contributed by atoms with E-state index < -0.39 is 32.4 Å². The van der Waals surface area contributed by atoms with Crippen LogP contribution in [0.15, 0.2) is 41.3 Å². The van der Waals surface area contributed by atoms with Crippen LogP contribution in [0.3, 0.4) is 0 Å².